The summed E-state index contributed by atoms with van der Waals surface area (Å²) in [6.45, 7) is 3.32. The molecule has 3 heterocycles. The van der Waals surface area contributed by atoms with Gasteiger partial charge in [0, 0.05) is 24.5 Å². The van der Waals surface area contributed by atoms with Crippen molar-refractivity contribution in [2.45, 2.75) is 43.1 Å². The Morgan fingerprint density at radius 3 is 2.56 bits per heavy atom. The molecule has 1 atom stereocenters. The number of anilines is 1. The van der Waals surface area contributed by atoms with Gasteiger partial charge < -0.3 is 19.7 Å². The van der Waals surface area contributed by atoms with Crippen LogP contribution in [0.15, 0.2) is 65.0 Å². The predicted octanol–water partition coefficient (Wildman–Crippen LogP) is 4.56. The number of allylic oxidation sites excluding steroid dienone is 1. The summed E-state index contributed by atoms with van der Waals surface area (Å²) in [5.41, 5.74) is 2.32. The minimum atomic E-state index is -0.604. The molecule has 1 saturated heterocycles. The first-order valence-electron chi connectivity index (χ1n) is 12.8. The molecule has 2 aliphatic heterocycles. The number of fused-ring (bicyclic) bond motifs is 1. The number of nitrogens with one attached hydrogen (secondary N) is 1. The number of hydrogen-bond acceptors (Lipinski definition) is 8. The minimum absolute atomic E-state index is 0.0173. The monoisotopic (exact) mass is 551 g/mol. The molecule has 0 radical (unpaired) electrons. The van der Waals surface area contributed by atoms with E-state index in [0.29, 0.717) is 39.4 Å². The number of carbonyl (C=O) groups is 2. The van der Waals surface area contributed by atoms with Crippen LogP contribution >= 0.6 is 11.8 Å². The van der Waals surface area contributed by atoms with E-state index in [1.807, 2.05) is 17.0 Å². The number of halogens is 1. The molecule has 1 amide bonds. The normalized spacial score (nSPS) is 16.9. The first-order chi connectivity index (χ1) is 18.9. The molecule has 0 aliphatic carbocycles. The second-order valence-electron chi connectivity index (χ2n) is 9.40. The first-order valence-corrected chi connectivity index (χ1v) is 13.8. The number of methoxy groups -OCH3 is 1. The van der Waals surface area contributed by atoms with Gasteiger partial charge in [-0.05, 0) is 55.5 Å². The first kappa shape index (κ1) is 26.7. The van der Waals surface area contributed by atoms with Gasteiger partial charge in [-0.25, -0.2) is 13.9 Å². The van der Waals surface area contributed by atoms with Crippen LogP contribution in [-0.4, -0.2) is 58.3 Å². The van der Waals surface area contributed by atoms with Crippen LogP contribution in [0.5, 0.6) is 5.75 Å². The fourth-order valence-electron chi connectivity index (χ4n) is 4.76. The molecule has 1 fully saturated rings. The summed E-state index contributed by atoms with van der Waals surface area (Å²) < 4.78 is 26.6. The lowest BCUT2D eigenvalue weighted by Crippen LogP contribution is -2.38. The van der Waals surface area contributed by atoms with Crippen LogP contribution < -0.4 is 10.1 Å². The van der Waals surface area contributed by atoms with E-state index in [1.54, 1.807) is 41.9 Å². The molecule has 39 heavy (non-hydrogen) atoms. The van der Waals surface area contributed by atoms with Crippen LogP contribution in [0.25, 0.3) is 0 Å². The number of hydrogen-bond donors (Lipinski definition) is 1. The molecule has 1 aromatic heterocycles. The lowest BCUT2D eigenvalue weighted by Gasteiger charge is -2.28. The second-order valence-corrected chi connectivity index (χ2v) is 10.3. The van der Waals surface area contributed by atoms with Gasteiger partial charge in [0.25, 0.3) is 5.91 Å². The Balaban J connectivity index is 1.36. The van der Waals surface area contributed by atoms with Crippen molar-refractivity contribution in [2.75, 3.05) is 32.1 Å². The Hall–Kier alpha value is -3.86. The zero-order valence-electron chi connectivity index (χ0n) is 21.9. The average Bonchev–Trinajstić information content (AvgIpc) is 3.37. The number of rotatable bonds is 8. The summed E-state index contributed by atoms with van der Waals surface area (Å²) in [4.78, 5) is 31.7. The van der Waals surface area contributed by atoms with Crippen molar-refractivity contribution in [3.8, 4) is 5.75 Å². The quantitative estimate of drug-likeness (QED) is 0.321. The summed E-state index contributed by atoms with van der Waals surface area (Å²) in [7, 11) is 1.34. The van der Waals surface area contributed by atoms with E-state index >= 15 is 0 Å². The van der Waals surface area contributed by atoms with Crippen LogP contribution in [0, 0.1) is 5.82 Å². The highest BCUT2D eigenvalue weighted by molar-refractivity contribution is 7.98. The topological polar surface area (TPSA) is 98.6 Å². The number of nitrogens with zero attached hydrogens (tertiary/aromatic N) is 4. The van der Waals surface area contributed by atoms with E-state index in [9.17, 15) is 14.0 Å². The van der Waals surface area contributed by atoms with Crippen molar-refractivity contribution in [3.05, 3.63) is 76.7 Å². The van der Waals surface area contributed by atoms with Crippen LogP contribution in [0.1, 0.15) is 43.4 Å². The molecule has 0 bridgehead atoms. The number of amides is 1. The van der Waals surface area contributed by atoms with Gasteiger partial charge in [-0.15, -0.1) is 5.10 Å². The van der Waals surface area contributed by atoms with Gasteiger partial charge in [-0.2, -0.15) is 4.98 Å². The van der Waals surface area contributed by atoms with E-state index in [4.69, 9.17) is 9.47 Å². The Bertz CT molecular complexity index is 1380. The molecule has 11 heteroatoms. The number of piperidine rings is 1. The smallest absolute Gasteiger partial charge is 0.338 e. The van der Waals surface area contributed by atoms with Gasteiger partial charge in [0.1, 0.15) is 17.6 Å². The molecule has 2 aromatic carbocycles. The summed E-state index contributed by atoms with van der Waals surface area (Å²) in [5.74, 6) is 0.594. The number of aromatic nitrogens is 3. The fraction of sp³-hybridized carbons (Fsp3) is 0.357. The Kier molecular flexibility index (Phi) is 8.16. The standard InChI is InChI=1S/C28H30FN5O4S/c1-18-24(26(36)37-2)25(19-10-12-21(13-11-19)38-16-23(35)33-14-6-3-7-15-33)34-27(30-18)31-28(32-34)39-17-20-8-4-5-9-22(20)29/h4-5,8-13,25H,3,6-7,14-17H2,1-2H3,(H,30,31,32). The highest BCUT2D eigenvalue weighted by Crippen LogP contribution is 2.37. The maximum atomic E-state index is 14.1. The molecule has 204 valence electrons. The van der Waals surface area contributed by atoms with Gasteiger partial charge in [-0.3, -0.25) is 4.79 Å². The maximum Gasteiger partial charge on any atom is 0.338 e. The number of likely N-dealkylation sites (tertiary alicyclic amines) is 1. The van der Waals surface area contributed by atoms with Crippen molar-refractivity contribution in [3.63, 3.8) is 0 Å². The van der Waals surface area contributed by atoms with Gasteiger partial charge in [-0.1, -0.05) is 42.1 Å². The zero-order chi connectivity index (χ0) is 27.4. The second kappa shape index (κ2) is 11.9. The molecule has 1 unspecified atom stereocenters. The lowest BCUT2D eigenvalue weighted by atomic mass is 9.96. The Labute approximate surface area is 230 Å². The molecule has 2 aliphatic rings. The van der Waals surface area contributed by atoms with Crippen molar-refractivity contribution < 1.29 is 23.5 Å². The maximum absolute atomic E-state index is 14.1. The minimum Gasteiger partial charge on any atom is -0.484 e. The van der Waals surface area contributed by atoms with Crippen molar-refractivity contribution in [1.82, 2.24) is 19.7 Å². The molecule has 0 saturated carbocycles. The van der Waals surface area contributed by atoms with Crippen LogP contribution in [0.2, 0.25) is 0 Å². The van der Waals surface area contributed by atoms with E-state index < -0.39 is 12.0 Å². The number of ether oxygens (including phenoxy) is 2. The van der Waals surface area contributed by atoms with Crippen LogP contribution in [0.3, 0.4) is 0 Å². The number of carbonyl (C=O) groups excluding carboxylic acids is 2. The summed E-state index contributed by atoms with van der Waals surface area (Å²) in [5, 5.41) is 8.24. The number of thioether (sulfide) groups is 1. The van der Waals surface area contributed by atoms with Gasteiger partial charge in [0.15, 0.2) is 6.61 Å². The molecule has 1 N–H and O–H groups in total. The largest absolute Gasteiger partial charge is 0.484 e. The van der Waals surface area contributed by atoms with E-state index in [1.165, 1.54) is 24.9 Å². The van der Waals surface area contributed by atoms with Crippen LogP contribution in [-0.2, 0) is 20.1 Å². The average molecular weight is 552 g/mol. The lowest BCUT2D eigenvalue weighted by molar-refractivity contribution is -0.136. The van der Waals surface area contributed by atoms with Crippen molar-refractivity contribution in [1.29, 1.82) is 0 Å². The third-order valence-electron chi connectivity index (χ3n) is 6.82. The van der Waals surface area contributed by atoms with E-state index in [0.717, 1.165) is 37.9 Å². The molecular weight excluding hydrogens is 521 g/mol. The number of benzene rings is 2. The van der Waals surface area contributed by atoms with E-state index in [2.05, 4.69) is 15.4 Å². The zero-order valence-corrected chi connectivity index (χ0v) is 22.7. The van der Waals surface area contributed by atoms with Gasteiger partial charge in [0.05, 0.1) is 12.7 Å². The SMILES string of the molecule is COC(=O)C1=C(C)Nc2nc(SCc3ccccc3F)nn2C1c1ccc(OCC(=O)N2CCCCC2)cc1. The highest BCUT2D eigenvalue weighted by atomic mass is 32.2. The van der Waals surface area contributed by atoms with Crippen molar-refractivity contribution >= 4 is 29.6 Å². The molecule has 5 rings (SSSR count). The third-order valence-corrected chi connectivity index (χ3v) is 7.71. The molecule has 9 nitrogen and oxygen atoms in total. The third kappa shape index (κ3) is 5.93. The summed E-state index contributed by atoms with van der Waals surface area (Å²) >= 11 is 1.30. The summed E-state index contributed by atoms with van der Waals surface area (Å²) in [6.07, 6.45) is 3.21. The Morgan fingerprint density at radius 2 is 1.85 bits per heavy atom. The molecule has 3 aromatic rings. The molecule has 0 spiro atoms. The molecular formula is C28H30FN5O4S. The van der Waals surface area contributed by atoms with Gasteiger partial charge in [0.2, 0.25) is 11.1 Å². The van der Waals surface area contributed by atoms with Gasteiger partial charge >= 0.3 is 5.97 Å². The number of esters is 1. The highest BCUT2D eigenvalue weighted by Gasteiger charge is 2.35. The fourth-order valence-corrected chi connectivity index (χ4v) is 5.57. The Morgan fingerprint density at radius 1 is 1.10 bits per heavy atom. The van der Waals surface area contributed by atoms with Crippen LogP contribution in [0.4, 0.5) is 10.3 Å². The predicted molar refractivity (Wildman–Crippen MR) is 145 cm³/mol. The van der Waals surface area contributed by atoms with E-state index in [-0.39, 0.29) is 18.3 Å². The van der Waals surface area contributed by atoms with Crippen molar-refractivity contribution in [2.24, 2.45) is 0 Å². The summed E-state index contributed by atoms with van der Waals surface area (Å²) in [6, 6.07) is 13.2.